The third-order valence-electron chi connectivity index (χ3n) is 1.08. The van der Waals surface area contributed by atoms with Crippen molar-refractivity contribution in [2.24, 2.45) is 0 Å². The maximum absolute atomic E-state index is 5.31. The van der Waals surface area contributed by atoms with Gasteiger partial charge in [0.25, 0.3) is 0 Å². The molecule has 0 fully saturated rings. The van der Waals surface area contributed by atoms with E-state index in [4.69, 9.17) is 21.1 Å². The molecule has 0 radical (unpaired) electrons. The Morgan fingerprint density at radius 1 is 1.43 bits per heavy atom. The summed E-state index contributed by atoms with van der Waals surface area (Å²) in [4.78, 5) is 0. The van der Waals surface area contributed by atoms with Gasteiger partial charge in [-0.05, 0) is 0 Å². The zero-order valence-electron chi connectivity index (χ0n) is 8.30. The molecule has 1 atom stereocenters. The molecule has 0 aromatic carbocycles. The smallest absolute Gasteiger partial charge is 0.706 e. The summed E-state index contributed by atoms with van der Waals surface area (Å²) in [6, 6.07) is 0. The Labute approximate surface area is 120 Å². The van der Waals surface area contributed by atoms with Crippen molar-refractivity contribution in [3.05, 3.63) is 0 Å². The normalized spacial score (nSPS) is 12.2. The van der Waals surface area contributed by atoms with E-state index < -0.39 is 0 Å². The van der Waals surface area contributed by atoms with Crippen LogP contribution in [0.15, 0.2) is 0 Å². The Morgan fingerprint density at radius 2 is 2.14 bits per heavy atom. The van der Waals surface area contributed by atoms with Gasteiger partial charge in [0.15, 0.2) is 0 Å². The summed E-state index contributed by atoms with van der Waals surface area (Å²) in [6.07, 6.45) is 0. The molecule has 14 heavy (non-hydrogen) atoms. The van der Waals surface area contributed by atoms with E-state index in [9.17, 15) is 0 Å². The number of ether oxygens (including phenoxy) is 2. The molecular weight excluding hydrogens is 271 g/mol. The number of hydrogen-bond acceptors (Lipinski definition) is 7. The van der Waals surface area contributed by atoms with Crippen LogP contribution in [-0.4, -0.2) is 37.9 Å². The fourth-order valence-corrected chi connectivity index (χ4v) is 4.21. The fraction of sp³-hybridized carbons (Fsp3) is 1.00. The van der Waals surface area contributed by atoms with Crippen LogP contribution in [0.25, 0.3) is 0 Å². The van der Waals surface area contributed by atoms with Crippen LogP contribution in [0, 0.1) is 0 Å². The summed E-state index contributed by atoms with van der Waals surface area (Å²) >= 11 is 9.07. The molecule has 2 nitrogen and oxygen atoms in total. The summed E-state index contributed by atoms with van der Waals surface area (Å²) in [5.74, 6) is 0.949. The summed E-state index contributed by atoms with van der Waals surface area (Å²) in [7, 11) is 6.32. The molecule has 1 unspecified atom stereocenters. The van der Waals surface area contributed by atoms with E-state index in [1.54, 1.807) is 27.7 Å². The third-order valence-corrected chi connectivity index (χ3v) is 6.08. The first-order valence-electron chi connectivity index (χ1n) is 3.64. The topological polar surface area (TPSA) is 18.5 Å². The van der Waals surface area contributed by atoms with Crippen molar-refractivity contribution in [2.45, 2.75) is 5.25 Å². The fourth-order valence-electron chi connectivity index (χ4n) is 0.536. The van der Waals surface area contributed by atoms with Crippen LogP contribution in [0.4, 0.5) is 0 Å². The van der Waals surface area contributed by atoms with E-state index >= 15 is 0 Å². The Morgan fingerprint density at radius 3 is 2.71 bits per heavy atom. The molecule has 0 spiro atoms. The Balaban J connectivity index is 0. The second kappa shape index (κ2) is 15.3. The Kier molecular flexibility index (Phi) is 20.3. The van der Waals surface area contributed by atoms with Gasteiger partial charge in [0.05, 0.1) is 19.8 Å². The van der Waals surface area contributed by atoms with Gasteiger partial charge in [-0.2, -0.15) is 12.6 Å². The van der Waals surface area contributed by atoms with Gasteiger partial charge in [-0.3, -0.25) is 9.83 Å². The van der Waals surface area contributed by atoms with Crippen LogP contribution in [-0.2, 0) is 21.1 Å². The second-order valence-corrected chi connectivity index (χ2v) is 7.69. The van der Waals surface area contributed by atoms with Gasteiger partial charge in [0.2, 0.25) is 0 Å². The molecule has 0 aromatic heterocycles. The van der Waals surface area contributed by atoms with E-state index in [0.29, 0.717) is 19.8 Å². The van der Waals surface area contributed by atoms with Crippen molar-refractivity contribution in [3.8, 4) is 0 Å². The molecule has 0 saturated carbocycles. The molecule has 0 heterocycles. The molecule has 0 aliphatic rings. The molecule has 0 aliphatic heterocycles. The number of hydrogen-bond donors (Lipinski definition) is 1. The molecule has 0 aromatic rings. The van der Waals surface area contributed by atoms with Gasteiger partial charge in [0.1, 0.15) is 0 Å². The van der Waals surface area contributed by atoms with E-state index in [0.717, 1.165) is 5.75 Å². The largest absolute Gasteiger partial charge is 1.00 e. The van der Waals surface area contributed by atoms with Gasteiger partial charge < -0.3 is 21.1 Å². The third kappa shape index (κ3) is 14.3. The first-order valence-corrected chi connectivity index (χ1v) is 8.73. The summed E-state index contributed by atoms with van der Waals surface area (Å²) in [6.45, 7) is 1.95. The van der Waals surface area contributed by atoms with Crippen LogP contribution in [0.2, 0.25) is 0 Å². The van der Waals surface area contributed by atoms with Crippen molar-refractivity contribution in [2.75, 3.05) is 32.7 Å². The predicted molar refractivity (Wildman–Crippen MR) is 70.5 cm³/mol. The molecule has 0 N–H and O–H groups in total. The molecule has 0 amide bonds. The SMILES string of the molecule is COCCOCC(S)CSSS[S-].[Li+]. The second-order valence-electron chi connectivity index (χ2n) is 2.14. The van der Waals surface area contributed by atoms with Crippen LogP contribution < -0.4 is 18.9 Å². The minimum absolute atomic E-state index is 0. The number of thiol groups is 1. The average Bonchev–Trinajstić information content (AvgIpc) is 2.13. The van der Waals surface area contributed by atoms with Crippen LogP contribution in [0.5, 0.6) is 0 Å². The maximum atomic E-state index is 5.31. The van der Waals surface area contributed by atoms with Crippen LogP contribution in [0.1, 0.15) is 0 Å². The molecular formula is C6H13LiO2S5. The van der Waals surface area contributed by atoms with Crippen molar-refractivity contribution >= 4 is 54.7 Å². The predicted octanol–water partition coefficient (Wildman–Crippen LogP) is -0.557. The van der Waals surface area contributed by atoms with Crippen molar-refractivity contribution < 1.29 is 28.3 Å². The van der Waals surface area contributed by atoms with Gasteiger partial charge >= 0.3 is 18.9 Å². The Bertz CT molecular complexity index is 110. The van der Waals surface area contributed by atoms with E-state index in [1.807, 2.05) is 0 Å². The van der Waals surface area contributed by atoms with E-state index in [2.05, 4.69) is 12.6 Å². The van der Waals surface area contributed by atoms with Crippen molar-refractivity contribution in [1.29, 1.82) is 0 Å². The number of rotatable bonds is 9. The van der Waals surface area contributed by atoms with Crippen molar-refractivity contribution in [1.82, 2.24) is 0 Å². The van der Waals surface area contributed by atoms with Gasteiger partial charge in [-0.15, -0.1) is 0 Å². The monoisotopic (exact) mass is 284 g/mol. The standard InChI is InChI=1S/C6H14O2S5.Li/c1-7-2-3-8-4-6(9)5-11-13-12-10;/h6,9-10H,2-5H2,1H3;/q;+1/p-1. The van der Waals surface area contributed by atoms with E-state index in [-0.39, 0.29) is 24.1 Å². The Hall–Kier alpha value is 2.27. The zero-order chi connectivity index (χ0) is 9.94. The zero-order valence-corrected chi connectivity index (χ0v) is 12.5. The van der Waals surface area contributed by atoms with Gasteiger partial charge in [-0.1, -0.05) is 20.6 Å². The summed E-state index contributed by atoms with van der Waals surface area (Å²) in [5, 5.41) is 0.275. The molecule has 0 rings (SSSR count). The molecule has 0 bridgehead atoms. The quantitative estimate of drug-likeness (QED) is 0.200. The first kappa shape index (κ1) is 18.6. The minimum atomic E-state index is 0. The molecule has 0 saturated heterocycles. The van der Waals surface area contributed by atoms with Crippen molar-refractivity contribution in [3.63, 3.8) is 0 Å². The molecule has 80 valence electrons. The average molecular weight is 284 g/mol. The summed E-state index contributed by atoms with van der Waals surface area (Å²) < 4.78 is 10.2. The first-order chi connectivity index (χ1) is 6.31. The van der Waals surface area contributed by atoms with Crippen LogP contribution >= 0.6 is 43.1 Å². The van der Waals surface area contributed by atoms with Gasteiger partial charge in [-0.25, -0.2) is 0 Å². The van der Waals surface area contributed by atoms with E-state index in [1.165, 1.54) is 9.83 Å². The maximum Gasteiger partial charge on any atom is 1.00 e. The van der Waals surface area contributed by atoms with Gasteiger partial charge in [0, 0.05) is 18.1 Å². The number of methoxy groups -OCH3 is 1. The molecule has 0 aliphatic carbocycles. The summed E-state index contributed by atoms with van der Waals surface area (Å²) in [5.41, 5.74) is 0. The minimum Gasteiger partial charge on any atom is -0.706 e. The van der Waals surface area contributed by atoms with Crippen LogP contribution in [0.3, 0.4) is 0 Å². The molecule has 8 heteroatoms.